The molecule has 0 amide bonds. The molecule has 0 N–H and O–H groups in total. The summed E-state index contributed by atoms with van der Waals surface area (Å²) in [6, 6.07) is 8.50. The highest BCUT2D eigenvalue weighted by molar-refractivity contribution is 5.91. The Balaban J connectivity index is 1.98. The first-order valence-electron chi connectivity index (χ1n) is 11.4. The number of halogens is 3. The molecule has 0 spiro atoms. The second-order valence-corrected chi connectivity index (χ2v) is 8.96. The largest absolute Gasteiger partial charge is 0.490 e. The van der Waals surface area contributed by atoms with Gasteiger partial charge in [-0.15, -0.1) is 0 Å². The van der Waals surface area contributed by atoms with Crippen molar-refractivity contribution in [2.45, 2.75) is 78.1 Å². The first-order chi connectivity index (χ1) is 14.7. The van der Waals surface area contributed by atoms with E-state index in [1.54, 1.807) is 18.2 Å². The lowest BCUT2D eigenvalue weighted by atomic mass is 9.89. The van der Waals surface area contributed by atoms with E-state index in [4.69, 9.17) is 4.74 Å². The molecule has 1 saturated carbocycles. The number of alkyl halides is 3. The Morgan fingerprint density at radius 2 is 1.81 bits per heavy atom. The second-order valence-electron chi connectivity index (χ2n) is 8.96. The lowest BCUT2D eigenvalue weighted by molar-refractivity contribution is -0.138. The van der Waals surface area contributed by atoms with E-state index in [1.165, 1.54) is 6.07 Å². The molecule has 0 saturated heterocycles. The van der Waals surface area contributed by atoms with Crippen LogP contribution in [-0.4, -0.2) is 17.5 Å². The van der Waals surface area contributed by atoms with Crippen molar-refractivity contribution in [2.75, 3.05) is 6.54 Å². The standard InChI is InChI=1S/C26H34F3NO/c1-5-6-16-30(18(2)3)17-20-8-7-9-23-22(20)14-15-24(25(23)26(27,28)29)31-21-12-10-19(4)11-13-21/h7-9,14-15,19,21H,2,5-6,10-13,16-17H2,1,3-4H3/t19-,21+. The van der Waals surface area contributed by atoms with Gasteiger partial charge in [0.2, 0.25) is 0 Å². The Hall–Kier alpha value is -2.17. The van der Waals surface area contributed by atoms with Gasteiger partial charge in [-0.3, -0.25) is 0 Å². The summed E-state index contributed by atoms with van der Waals surface area (Å²) in [7, 11) is 0. The zero-order chi connectivity index (χ0) is 22.6. The van der Waals surface area contributed by atoms with E-state index in [-0.39, 0.29) is 17.2 Å². The van der Waals surface area contributed by atoms with E-state index >= 15 is 0 Å². The number of allylic oxidation sites excluding steroid dienone is 1. The molecule has 0 bridgehead atoms. The lowest BCUT2D eigenvalue weighted by Gasteiger charge is -2.29. The predicted molar refractivity (Wildman–Crippen MR) is 121 cm³/mol. The fourth-order valence-corrected chi connectivity index (χ4v) is 4.42. The molecule has 0 heterocycles. The molecule has 1 fully saturated rings. The Labute approximate surface area is 184 Å². The van der Waals surface area contributed by atoms with E-state index in [0.29, 0.717) is 17.8 Å². The minimum atomic E-state index is -4.48. The molecule has 0 aliphatic heterocycles. The summed E-state index contributed by atoms with van der Waals surface area (Å²) in [5.74, 6) is 0.574. The molecular formula is C26H34F3NO. The molecule has 0 aromatic heterocycles. The van der Waals surface area contributed by atoms with Gasteiger partial charge in [0.25, 0.3) is 0 Å². The molecule has 5 heteroatoms. The van der Waals surface area contributed by atoms with Gasteiger partial charge in [0, 0.05) is 18.8 Å². The Bertz CT molecular complexity index is 897. The van der Waals surface area contributed by atoms with Crippen LogP contribution in [0.5, 0.6) is 5.75 Å². The van der Waals surface area contributed by atoms with Crippen molar-refractivity contribution in [1.29, 1.82) is 0 Å². The third-order valence-corrected chi connectivity index (χ3v) is 6.34. The number of ether oxygens (including phenoxy) is 1. The molecule has 170 valence electrons. The fraction of sp³-hybridized carbons (Fsp3) is 0.538. The third kappa shape index (κ3) is 5.75. The molecule has 31 heavy (non-hydrogen) atoms. The number of nitrogens with zero attached hydrogens (tertiary/aromatic N) is 1. The Morgan fingerprint density at radius 3 is 2.42 bits per heavy atom. The van der Waals surface area contributed by atoms with Crippen molar-refractivity contribution in [3.8, 4) is 5.75 Å². The van der Waals surface area contributed by atoms with Gasteiger partial charge in [-0.1, -0.05) is 51.1 Å². The van der Waals surface area contributed by atoms with Gasteiger partial charge in [0.05, 0.1) is 6.10 Å². The van der Waals surface area contributed by atoms with Crippen LogP contribution in [0.4, 0.5) is 13.2 Å². The van der Waals surface area contributed by atoms with Gasteiger partial charge in [-0.2, -0.15) is 13.2 Å². The maximum atomic E-state index is 14.2. The van der Waals surface area contributed by atoms with Gasteiger partial charge in [0.15, 0.2) is 0 Å². The summed E-state index contributed by atoms with van der Waals surface area (Å²) >= 11 is 0. The van der Waals surface area contributed by atoms with Crippen molar-refractivity contribution in [3.05, 3.63) is 53.7 Å². The molecule has 2 aromatic carbocycles. The fourth-order valence-electron chi connectivity index (χ4n) is 4.42. The minimum absolute atomic E-state index is 0.0422. The third-order valence-electron chi connectivity index (χ3n) is 6.34. The minimum Gasteiger partial charge on any atom is -0.490 e. The summed E-state index contributed by atoms with van der Waals surface area (Å²) in [6.45, 7) is 11.7. The summed E-state index contributed by atoms with van der Waals surface area (Å²) < 4.78 is 48.5. The van der Waals surface area contributed by atoms with Gasteiger partial charge in [0.1, 0.15) is 11.3 Å². The van der Waals surface area contributed by atoms with Crippen LogP contribution in [0.1, 0.15) is 70.4 Å². The van der Waals surface area contributed by atoms with E-state index in [9.17, 15) is 13.2 Å². The van der Waals surface area contributed by atoms with Crippen LogP contribution < -0.4 is 4.74 Å². The average Bonchev–Trinajstić information content (AvgIpc) is 2.71. The van der Waals surface area contributed by atoms with Crippen LogP contribution in [0.3, 0.4) is 0 Å². The van der Waals surface area contributed by atoms with E-state index in [0.717, 1.165) is 56.3 Å². The van der Waals surface area contributed by atoms with Gasteiger partial charge in [-0.05, 0) is 67.3 Å². The number of benzene rings is 2. The molecule has 0 radical (unpaired) electrons. The van der Waals surface area contributed by atoms with Crippen molar-refractivity contribution in [3.63, 3.8) is 0 Å². The highest BCUT2D eigenvalue weighted by atomic mass is 19.4. The molecule has 1 aliphatic carbocycles. The topological polar surface area (TPSA) is 12.5 Å². The van der Waals surface area contributed by atoms with Crippen molar-refractivity contribution in [1.82, 2.24) is 4.90 Å². The molecule has 0 atom stereocenters. The highest BCUT2D eigenvalue weighted by Gasteiger charge is 2.37. The van der Waals surface area contributed by atoms with Crippen LogP contribution in [0.15, 0.2) is 42.6 Å². The number of fused-ring (bicyclic) bond motifs is 1. The van der Waals surface area contributed by atoms with E-state index in [1.807, 2.05) is 13.0 Å². The maximum Gasteiger partial charge on any atom is 0.420 e. The maximum absolute atomic E-state index is 14.2. The molecule has 2 nitrogen and oxygen atoms in total. The monoisotopic (exact) mass is 433 g/mol. The number of unbranched alkanes of at least 4 members (excludes halogenated alkanes) is 1. The average molecular weight is 434 g/mol. The predicted octanol–water partition coefficient (Wildman–Crippen LogP) is 7.95. The number of hydrogen-bond donors (Lipinski definition) is 0. The van der Waals surface area contributed by atoms with Gasteiger partial charge < -0.3 is 9.64 Å². The van der Waals surface area contributed by atoms with E-state index < -0.39 is 11.7 Å². The van der Waals surface area contributed by atoms with Crippen LogP contribution in [-0.2, 0) is 12.7 Å². The quantitative estimate of drug-likeness (QED) is 0.419. The zero-order valence-electron chi connectivity index (χ0n) is 18.9. The second kappa shape index (κ2) is 9.97. The lowest BCUT2D eigenvalue weighted by Crippen LogP contribution is -2.24. The van der Waals surface area contributed by atoms with Crippen LogP contribution in [0.2, 0.25) is 0 Å². The van der Waals surface area contributed by atoms with Crippen LogP contribution in [0, 0.1) is 5.92 Å². The normalized spacial score (nSPS) is 19.4. The molecular weight excluding hydrogens is 399 g/mol. The first kappa shape index (κ1) is 23.5. The Kier molecular flexibility index (Phi) is 7.55. The van der Waals surface area contributed by atoms with Gasteiger partial charge >= 0.3 is 6.18 Å². The summed E-state index contributed by atoms with van der Waals surface area (Å²) in [6.07, 6.45) is 1.05. The van der Waals surface area contributed by atoms with Crippen LogP contribution in [0.25, 0.3) is 10.8 Å². The molecule has 2 aromatic rings. The Morgan fingerprint density at radius 1 is 1.10 bits per heavy atom. The van der Waals surface area contributed by atoms with Crippen molar-refractivity contribution < 1.29 is 17.9 Å². The zero-order valence-corrected chi connectivity index (χ0v) is 18.9. The molecule has 0 unspecified atom stereocenters. The summed E-state index contributed by atoms with van der Waals surface area (Å²) in [5.41, 5.74) is 1.15. The van der Waals surface area contributed by atoms with Gasteiger partial charge in [-0.25, -0.2) is 0 Å². The summed E-state index contributed by atoms with van der Waals surface area (Å²) in [4.78, 5) is 2.14. The first-order valence-corrected chi connectivity index (χ1v) is 11.4. The highest BCUT2D eigenvalue weighted by Crippen LogP contribution is 2.43. The smallest absolute Gasteiger partial charge is 0.420 e. The number of hydrogen-bond acceptors (Lipinski definition) is 2. The van der Waals surface area contributed by atoms with Crippen molar-refractivity contribution >= 4 is 10.8 Å². The summed E-state index contributed by atoms with van der Waals surface area (Å²) in [5, 5.41) is 0.839. The molecule has 1 aliphatic rings. The number of rotatable bonds is 8. The molecule has 3 rings (SSSR count). The SMILES string of the molecule is C=C(C)N(CCCC)Cc1cccc2c(C(F)(F)F)c(O[C@H]3CC[C@@H](C)CC3)ccc12. The van der Waals surface area contributed by atoms with E-state index in [2.05, 4.69) is 25.3 Å². The van der Waals surface area contributed by atoms with Crippen molar-refractivity contribution in [2.24, 2.45) is 5.92 Å². The van der Waals surface area contributed by atoms with Crippen LogP contribution >= 0.6 is 0 Å².